The van der Waals surface area contributed by atoms with Crippen LogP contribution in [-0.2, 0) is 15.9 Å². The monoisotopic (exact) mass is 370 g/mol. The van der Waals surface area contributed by atoms with Gasteiger partial charge >= 0.3 is 0 Å². The highest BCUT2D eigenvalue weighted by atomic mass is 35.5. The first-order chi connectivity index (χ1) is 11.5. The number of nitrogens with zero attached hydrogens (tertiary/aromatic N) is 1. The Balaban J connectivity index is 1.57. The van der Waals surface area contributed by atoms with E-state index < -0.39 is 10.0 Å². The Hall–Kier alpha value is -0.620. The van der Waals surface area contributed by atoms with Gasteiger partial charge in [-0.15, -0.1) is 11.6 Å². The Morgan fingerprint density at radius 1 is 1.12 bits per heavy atom. The fourth-order valence-corrected chi connectivity index (χ4v) is 5.30. The molecule has 0 aromatic heterocycles. The van der Waals surface area contributed by atoms with Crippen molar-refractivity contribution in [3.8, 4) is 0 Å². The van der Waals surface area contributed by atoms with Crippen LogP contribution < -0.4 is 4.72 Å². The maximum absolute atomic E-state index is 12.6. The summed E-state index contributed by atoms with van der Waals surface area (Å²) in [6.07, 6.45) is 5.47. The zero-order valence-corrected chi connectivity index (χ0v) is 15.8. The number of sulfonamides is 1. The maximum atomic E-state index is 12.6. The number of hydrogen-bond donors (Lipinski definition) is 1. The van der Waals surface area contributed by atoms with Crippen LogP contribution in [0.5, 0.6) is 0 Å². The van der Waals surface area contributed by atoms with Crippen LogP contribution in [-0.4, -0.2) is 38.5 Å². The molecule has 1 aliphatic carbocycles. The molecule has 1 aliphatic heterocycles. The van der Waals surface area contributed by atoms with Crippen LogP contribution in [0.4, 0.5) is 0 Å². The minimum absolute atomic E-state index is 0.0482. The van der Waals surface area contributed by atoms with E-state index in [9.17, 15) is 8.42 Å². The van der Waals surface area contributed by atoms with Gasteiger partial charge < -0.3 is 4.90 Å². The summed E-state index contributed by atoms with van der Waals surface area (Å²) in [4.78, 5) is 2.88. The average Bonchev–Trinajstić information content (AvgIpc) is 3.03. The van der Waals surface area contributed by atoms with Crippen LogP contribution >= 0.6 is 11.6 Å². The van der Waals surface area contributed by atoms with Gasteiger partial charge in [0.15, 0.2) is 0 Å². The van der Waals surface area contributed by atoms with Gasteiger partial charge in [0.25, 0.3) is 0 Å². The van der Waals surface area contributed by atoms with Crippen molar-refractivity contribution < 1.29 is 8.42 Å². The summed E-state index contributed by atoms with van der Waals surface area (Å²) in [6.45, 7) is 4.63. The van der Waals surface area contributed by atoms with Crippen LogP contribution in [0.2, 0.25) is 0 Å². The van der Waals surface area contributed by atoms with Crippen LogP contribution in [0.15, 0.2) is 29.2 Å². The number of rotatable bonds is 5. The van der Waals surface area contributed by atoms with Gasteiger partial charge in [0, 0.05) is 18.0 Å². The zero-order chi connectivity index (χ0) is 17.2. The first kappa shape index (κ1) is 18.2. The summed E-state index contributed by atoms with van der Waals surface area (Å²) < 4.78 is 28.0. The molecule has 1 saturated carbocycles. The second-order valence-electron chi connectivity index (χ2n) is 7.28. The first-order valence-corrected chi connectivity index (χ1v) is 10.9. The molecule has 1 aromatic carbocycles. The van der Waals surface area contributed by atoms with Gasteiger partial charge in [-0.05, 0) is 68.8 Å². The standard InChI is InChI=1S/C18H27ClN2O2S/c1-14-8-10-21(11-9-14)17-5-4-16(12-17)20-24(22,23)18-6-2-15(13-19)3-7-18/h2-3,6-7,14,16-17,20H,4-5,8-13H2,1H3. The Morgan fingerprint density at radius 3 is 2.42 bits per heavy atom. The molecule has 1 aromatic rings. The number of hydrogen-bond acceptors (Lipinski definition) is 3. The number of halogens is 1. The highest BCUT2D eigenvalue weighted by Crippen LogP contribution is 2.29. The lowest BCUT2D eigenvalue weighted by Gasteiger charge is -2.35. The van der Waals surface area contributed by atoms with Crippen LogP contribution in [0, 0.1) is 5.92 Å². The summed E-state index contributed by atoms with van der Waals surface area (Å²) in [5.41, 5.74) is 0.927. The number of nitrogens with one attached hydrogen (secondary N) is 1. The lowest BCUT2D eigenvalue weighted by molar-refractivity contribution is 0.139. The molecule has 2 unspecified atom stereocenters. The molecule has 6 heteroatoms. The van der Waals surface area contributed by atoms with Crippen molar-refractivity contribution in [2.75, 3.05) is 13.1 Å². The number of benzene rings is 1. The molecule has 24 heavy (non-hydrogen) atoms. The SMILES string of the molecule is CC1CCN(C2CCC(NS(=O)(=O)c3ccc(CCl)cc3)C2)CC1. The van der Waals surface area contributed by atoms with Crippen molar-refractivity contribution in [3.63, 3.8) is 0 Å². The summed E-state index contributed by atoms with van der Waals surface area (Å²) in [5, 5.41) is 0. The van der Waals surface area contributed by atoms with Crippen LogP contribution in [0.25, 0.3) is 0 Å². The van der Waals surface area contributed by atoms with Gasteiger partial charge in [-0.2, -0.15) is 0 Å². The van der Waals surface area contributed by atoms with E-state index in [1.165, 1.54) is 12.8 Å². The van der Waals surface area contributed by atoms with Gasteiger partial charge in [-0.1, -0.05) is 19.1 Å². The van der Waals surface area contributed by atoms with Gasteiger partial charge in [0.05, 0.1) is 4.90 Å². The largest absolute Gasteiger partial charge is 0.300 e. The summed E-state index contributed by atoms with van der Waals surface area (Å²) in [5.74, 6) is 1.22. The fourth-order valence-electron chi connectivity index (χ4n) is 3.84. The van der Waals surface area contributed by atoms with Crippen molar-refractivity contribution in [1.82, 2.24) is 9.62 Å². The fraction of sp³-hybridized carbons (Fsp3) is 0.667. The topological polar surface area (TPSA) is 49.4 Å². The molecule has 0 spiro atoms. The minimum Gasteiger partial charge on any atom is -0.300 e. The predicted octanol–water partition coefficient (Wildman–Crippen LogP) is 3.36. The van der Waals surface area contributed by atoms with Gasteiger partial charge in [0.1, 0.15) is 0 Å². The third kappa shape index (κ3) is 4.31. The Morgan fingerprint density at radius 2 is 1.79 bits per heavy atom. The molecule has 2 atom stereocenters. The maximum Gasteiger partial charge on any atom is 0.240 e. The van der Waals surface area contributed by atoms with E-state index in [1.807, 2.05) is 0 Å². The van der Waals surface area contributed by atoms with Gasteiger partial charge in [-0.3, -0.25) is 0 Å². The molecule has 2 aliphatic rings. The van der Waals surface area contributed by atoms with Crippen molar-refractivity contribution in [2.45, 2.75) is 61.9 Å². The second kappa shape index (κ2) is 7.73. The third-order valence-electron chi connectivity index (χ3n) is 5.45. The van der Waals surface area contributed by atoms with E-state index in [-0.39, 0.29) is 6.04 Å². The van der Waals surface area contributed by atoms with E-state index in [2.05, 4.69) is 16.5 Å². The number of likely N-dealkylation sites (tertiary alicyclic amines) is 1. The molecule has 1 N–H and O–H groups in total. The Bertz CT molecular complexity index is 639. The molecular formula is C18H27ClN2O2S. The molecule has 2 fully saturated rings. The van der Waals surface area contributed by atoms with Crippen LogP contribution in [0.1, 0.15) is 44.6 Å². The highest BCUT2D eigenvalue weighted by Gasteiger charge is 2.33. The number of alkyl halides is 1. The molecule has 1 saturated heterocycles. The first-order valence-electron chi connectivity index (χ1n) is 8.89. The minimum atomic E-state index is -3.44. The summed E-state index contributed by atoms with van der Waals surface area (Å²) >= 11 is 5.76. The van der Waals surface area contributed by atoms with Gasteiger partial charge in [-0.25, -0.2) is 13.1 Å². The quantitative estimate of drug-likeness (QED) is 0.808. The van der Waals surface area contributed by atoms with Crippen molar-refractivity contribution in [2.24, 2.45) is 5.92 Å². The molecule has 134 valence electrons. The summed E-state index contributed by atoms with van der Waals surface area (Å²) in [7, 11) is -3.44. The summed E-state index contributed by atoms with van der Waals surface area (Å²) in [6, 6.07) is 7.40. The molecule has 0 radical (unpaired) electrons. The van der Waals surface area contributed by atoms with E-state index >= 15 is 0 Å². The van der Waals surface area contributed by atoms with E-state index in [1.54, 1.807) is 24.3 Å². The van der Waals surface area contributed by atoms with Crippen molar-refractivity contribution in [1.29, 1.82) is 0 Å². The van der Waals surface area contributed by atoms with E-state index in [4.69, 9.17) is 11.6 Å². The highest BCUT2D eigenvalue weighted by molar-refractivity contribution is 7.89. The van der Waals surface area contributed by atoms with E-state index in [0.29, 0.717) is 16.8 Å². The zero-order valence-electron chi connectivity index (χ0n) is 14.2. The smallest absolute Gasteiger partial charge is 0.240 e. The molecule has 1 heterocycles. The molecular weight excluding hydrogens is 344 g/mol. The van der Waals surface area contributed by atoms with Crippen LogP contribution in [0.3, 0.4) is 0 Å². The van der Waals surface area contributed by atoms with Crippen molar-refractivity contribution in [3.05, 3.63) is 29.8 Å². The predicted molar refractivity (Wildman–Crippen MR) is 97.7 cm³/mol. The average molecular weight is 371 g/mol. The van der Waals surface area contributed by atoms with Crippen molar-refractivity contribution >= 4 is 21.6 Å². The third-order valence-corrected chi connectivity index (χ3v) is 7.29. The lowest BCUT2D eigenvalue weighted by atomic mass is 9.97. The normalized spacial score (nSPS) is 26.8. The molecule has 0 amide bonds. The molecule has 0 bridgehead atoms. The second-order valence-corrected chi connectivity index (χ2v) is 9.26. The Labute approximate surface area is 150 Å². The molecule has 4 nitrogen and oxygen atoms in total. The Kier molecular flexibility index (Phi) is 5.85. The van der Waals surface area contributed by atoms with E-state index in [0.717, 1.165) is 43.8 Å². The van der Waals surface area contributed by atoms with Gasteiger partial charge in [0.2, 0.25) is 10.0 Å². The number of piperidine rings is 1. The lowest BCUT2D eigenvalue weighted by Crippen LogP contribution is -2.41. The molecule has 3 rings (SSSR count).